The molecule has 0 bridgehead atoms. The largest absolute Gasteiger partial charge is 0.462 e. The van der Waals surface area contributed by atoms with Gasteiger partial charge in [0.25, 0.3) is 5.56 Å². The fourth-order valence-electron chi connectivity index (χ4n) is 4.90. The minimum Gasteiger partial charge on any atom is -0.462 e. The molecule has 0 radical (unpaired) electrons. The number of aliphatic hydroxyl groups is 2. The van der Waals surface area contributed by atoms with E-state index in [1.165, 1.54) is 13.8 Å². The van der Waals surface area contributed by atoms with Crippen LogP contribution < -0.4 is 20.9 Å². The highest BCUT2D eigenvalue weighted by Gasteiger charge is 2.84. The monoisotopic (exact) mass is 609 g/mol. The Morgan fingerprint density at radius 2 is 1.85 bits per heavy atom. The van der Waals surface area contributed by atoms with E-state index in [0.29, 0.717) is 5.39 Å². The molecule has 1 saturated heterocycles. The Bertz CT molecular complexity index is 1670. The summed E-state index contributed by atoms with van der Waals surface area (Å²) >= 11 is 5.85. The van der Waals surface area contributed by atoms with E-state index in [2.05, 4.69) is 5.09 Å². The van der Waals surface area contributed by atoms with Gasteiger partial charge in [0, 0.05) is 11.6 Å². The summed E-state index contributed by atoms with van der Waals surface area (Å²) in [6.07, 6.45) is -3.64. The number of carbonyl (C=O) groups excluding carboxylic acids is 1. The van der Waals surface area contributed by atoms with Crippen LogP contribution in [-0.4, -0.2) is 61.3 Å². The standard InChI is InChI=1S/C26H29ClN3O10P/c1-13(2)37-22(32)14(3)29-41(36,39-18-11-7-9-15-8-5-6-10-16(15)18)40-20-19-26(20,35)25(4,34)23(38-19)30-12-17(27)21(31)28-24(30)33/h5-14,19-20,23,34-35H,1-4H3,(H,29,36)(H,28,31,33)/t14-,19-,20?,23-,25+,26+,41?/m1/s1. The van der Waals surface area contributed by atoms with E-state index < -0.39 is 66.7 Å². The number of nitrogens with one attached hydrogen (secondary N) is 2. The lowest BCUT2D eigenvalue weighted by Gasteiger charge is -2.33. The zero-order valence-electron chi connectivity index (χ0n) is 22.4. The van der Waals surface area contributed by atoms with Gasteiger partial charge in [-0.25, -0.2) is 9.36 Å². The number of esters is 1. The van der Waals surface area contributed by atoms with Crippen LogP contribution in [0.5, 0.6) is 5.75 Å². The smallest absolute Gasteiger partial charge is 0.459 e. The van der Waals surface area contributed by atoms with Crippen LogP contribution in [0.3, 0.4) is 0 Å². The molecule has 2 heterocycles. The number of aromatic nitrogens is 2. The molecule has 41 heavy (non-hydrogen) atoms. The normalized spacial score (nSPS) is 29.1. The molecule has 15 heteroatoms. The summed E-state index contributed by atoms with van der Waals surface area (Å²) in [6.45, 7) is 5.92. The van der Waals surface area contributed by atoms with E-state index in [9.17, 15) is 29.2 Å². The highest BCUT2D eigenvalue weighted by Crippen LogP contribution is 2.64. The molecular formula is C26H29ClN3O10P. The number of aromatic amines is 1. The molecule has 2 fully saturated rings. The molecule has 7 atom stereocenters. The Morgan fingerprint density at radius 3 is 2.51 bits per heavy atom. The molecule has 3 aromatic rings. The van der Waals surface area contributed by atoms with Crippen LogP contribution in [0.4, 0.5) is 0 Å². The van der Waals surface area contributed by atoms with Gasteiger partial charge in [-0.1, -0.05) is 48.0 Å². The molecule has 220 valence electrons. The Morgan fingerprint density at radius 1 is 1.17 bits per heavy atom. The van der Waals surface area contributed by atoms with Gasteiger partial charge in [-0.2, -0.15) is 5.09 Å². The van der Waals surface area contributed by atoms with Gasteiger partial charge in [0.05, 0.1) is 6.10 Å². The minimum absolute atomic E-state index is 0.168. The highest BCUT2D eigenvalue weighted by atomic mass is 35.5. The number of fused-ring (bicyclic) bond motifs is 2. The Hall–Kier alpha value is -3.03. The van der Waals surface area contributed by atoms with Crippen molar-refractivity contribution in [2.75, 3.05) is 0 Å². The van der Waals surface area contributed by atoms with Crippen LogP contribution >= 0.6 is 19.3 Å². The summed E-state index contributed by atoms with van der Waals surface area (Å²) in [5.41, 5.74) is -6.13. The van der Waals surface area contributed by atoms with Crippen LogP contribution in [0.2, 0.25) is 5.02 Å². The maximum absolute atomic E-state index is 14.2. The summed E-state index contributed by atoms with van der Waals surface area (Å²) in [6, 6.07) is 11.1. The lowest BCUT2D eigenvalue weighted by Crippen LogP contribution is -2.51. The summed E-state index contributed by atoms with van der Waals surface area (Å²) in [5, 5.41) is 26.4. The van der Waals surface area contributed by atoms with Gasteiger partial charge in [-0.15, -0.1) is 0 Å². The molecule has 5 rings (SSSR count). The summed E-state index contributed by atoms with van der Waals surface area (Å²) in [4.78, 5) is 38.6. The fraction of sp³-hybridized carbons (Fsp3) is 0.423. The van der Waals surface area contributed by atoms with E-state index in [-0.39, 0.29) is 10.8 Å². The number of ether oxygens (including phenoxy) is 2. The third-order valence-electron chi connectivity index (χ3n) is 7.06. The topological polar surface area (TPSA) is 178 Å². The first-order valence-corrected chi connectivity index (χ1v) is 14.7. The second kappa shape index (κ2) is 10.4. The summed E-state index contributed by atoms with van der Waals surface area (Å²) < 4.78 is 37.7. The molecule has 0 spiro atoms. The molecule has 1 saturated carbocycles. The first kappa shape index (κ1) is 29.5. The van der Waals surface area contributed by atoms with Gasteiger partial charge in [0.1, 0.15) is 34.6 Å². The second-order valence-electron chi connectivity index (χ2n) is 10.5. The zero-order valence-corrected chi connectivity index (χ0v) is 24.1. The van der Waals surface area contributed by atoms with Gasteiger partial charge in [-0.05, 0) is 39.1 Å². The quantitative estimate of drug-likeness (QED) is 0.206. The van der Waals surface area contributed by atoms with Gasteiger partial charge in [0.15, 0.2) is 11.8 Å². The van der Waals surface area contributed by atoms with E-state index in [0.717, 1.165) is 16.2 Å². The van der Waals surface area contributed by atoms with Crippen LogP contribution in [0.25, 0.3) is 10.8 Å². The van der Waals surface area contributed by atoms with Crippen molar-refractivity contribution in [3.8, 4) is 5.75 Å². The lowest BCUT2D eigenvalue weighted by molar-refractivity contribution is -0.157. The number of benzene rings is 2. The number of nitrogens with zero attached hydrogens (tertiary/aromatic N) is 1. The van der Waals surface area contributed by atoms with Crippen molar-refractivity contribution >= 4 is 36.1 Å². The van der Waals surface area contributed by atoms with Gasteiger partial charge < -0.3 is 24.2 Å². The Kier molecular flexibility index (Phi) is 7.44. The number of halogens is 1. The van der Waals surface area contributed by atoms with Crippen molar-refractivity contribution < 1.29 is 38.1 Å². The predicted octanol–water partition coefficient (Wildman–Crippen LogP) is 2.24. The molecule has 2 aromatic carbocycles. The SMILES string of the molecule is CC(C)OC(=O)[C@@H](C)NP(=O)(Oc1cccc2ccccc12)OC1[C@H]2O[C@@H](n3cc(Cl)c(=O)[nH]c3=O)[C@](C)(O)[C@@]12O. The maximum atomic E-state index is 14.2. The molecule has 2 aliphatic rings. The van der Waals surface area contributed by atoms with Gasteiger partial charge in [0.2, 0.25) is 0 Å². The van der Waals surface area contributed by atoms with Crippen LogP contribution in [0.15, 0.2) is 58.3 Å². The Balaban J connectivity index is 1.45. The van der Waals surface area contributed by atoms with Gasteiger partial charge in [-0.3, -0.25) is 23.7 Å². The van der Waals surface area contributed by atoms with E-state index in [1.54, 1.807) is 38.1 Å². The highest BCUT2D eigenvalue weighted by molar-refractivity contribution is 7.52. The first-order valence-electron chi connectivity index (χ1n) is 12.7. The lowest BCUT2D eigenvalue weighted by atomic mass is 9.95. The molecule has 1 aromatic heterocycles. The minimum atomic E-state index is -4.50. The first-order chi connectivity index (χ1) is 19.2. The third-order valence-corrected chi connectivity index (χ3v) is 8.97. The predicted molar refractivity (Wildman–Crippen MR) is 147 cm³/mol. The maximum Gasteiger partial charge on any atom is 0.459 e. The Labute approximate surface area is 238 Å². The van der Waals surface area contributed by atoms with Crippen molar-refractivity contribution in [1.29, 1.82) is 0 Å². The summed E-state index contributed by atoms with van der Waals surface area (Å²) in [7, 11) is -4.50. The average Bonchev–Trinajstić information content (AvgIpc) is 3.38. The number of hydrogen-bond donors (Lipinski definition) is 4. The van der Waals surface area contributed by atoms with Gasteiger partial charge >= 0.3 is 19.4 Å². The van der Waals surface area contributed by atoms with Crippen LogP contribution in [0, 0.1) is 0 Å². The van der Waals surface area contributed by atoms with E-state index >= 15 is 0 Å². The molecule has 4 N–H and O–H groups in total. The fourth-order valence-corrected chi connectivity index (χ4v) is 6.78. The molecule has 2 unspecified atom stereocenters. The number of H-pyrrole nitrogens is 1. The van der Waals surface area contributed by atoms with Crippen LogP contribution in [-0.2, 0) is 23.4 Å². The van der Waals surface area contributed by atoms with Crippen molar-refractivity contribution in [1.82, 2.24) is 14.6 Å². The molecule has 13 nitrogen and oxygen atoms in total. The third kappa shape index (κ3) is 5.12. The average molecular weight is 610 g/mol. The van der Waals surface area contributed by atoms with Crippen molar-refractivity contribution in [3.05, 3.63) is 74.5 Å². The van der Waals surface area contributed by atoms with Crippen molar-refractivity contribution in [2.45, 2.75) is 69.5 Å². The van der Waals surface area contributed by atoms with Crippen molar-refractivity contribution in [3.63, 3.8) is 0 Å². The van der Waals surface area contributed by atoms with Crippen LogP contribution in [0.1, 0.15) is 33.9 Å². The molecule has 0 amide bonds. The zero-order chi connectivity index (χ0) is 29.9. The number of carbonyl (C=O) groups is 1. The number of rotatable bonds is 9. The molecule has 1 aliphatic heterocycles. The second-order valence-corrected chi connectivity index (χ2v) is 12.5. The van der Waals surface area contributed by atoms with E-state index in [4.69, 9.17) is 30.1 Å². The van der Waals surface area contributed by atoms with Crippen molar-refractivity contribution in [2.24, 2.45) is 0 Å². The summed E-state index contributed by atoms with van der Waals surface area (Å²) in [5.74, 6) is -0.557. The van der Waals surface area contributed by atoms with E-state index in [1.807, 2.05) is 23.2 Å². The molecular weight excluding hydrogens is 581 g/mol. The molecule has 1 aliphatic carbocycles. The number of hydrogen-bond acceptors (Lipinski definition) is 10.